The number of carbonyl (C=O) groups excluding carboxylic acids is 2. The molecule has 2 aromatic rings. The first-order valence-electron chi connectivity index (χ1n) is 9.60. The number of methoxy groups -OCH3 is 1. The Morgan fingerprint density at radius 3 is 2.53 bits per heavy atom. The van der Waals surface area contributed by atoms with Gasteiger partial charge in [0.05, 0.1) is 11.6 Å². The van der Waals surface area contributed by atoms with Gasteiger partial charge in [0.25, 0.3) is 11.7 Å². The molecule has 7 nitrogen and oxygen atoms in total. The zero-order valence-corrected chi connectivity index (χ0v) is 16.8. The summed E-state index contributed by atoms with van der Waals surface area (Å²) in [7, 11) is 1.58. The normalized spacial score (nSPS) is 17.9. The first-order valence-corrected chi connectivity index (χ1v) is 9.60. The largest absolute Gasteiger partial charge is 0.507 e. The lowest BCUT2D eigenvalue weighted by Crippen LogP contribution is -2.31. The summed E-state index contributed by atoms with van der Waals surface area (Å²) in [6.45, 7) is 4.75. The van der Waals surface area contributed by atoms with Gasteiger partial charge in [-0.15, -0.1) is 0 Å². The second-order valence-electron chi connectivity index (χ2n) is 6.74. The molecular formula is C23H24N2O5. The molecular weight excluding hydrogens is 384 g/mol. The molecule has 0 aliphatic carbocycles. The first-order chi connectivity index (χ1) is 14.6. The maximum absolute atomic E-state index is 12.9. The molecule has 0 unspecified atom stereocenters. The molecule has 1 atom stereocenters. The number of aromatic nitrogens is 1. The molecule has 1 aromatic heterocycles. The van der Waals surface area contributed by atoms with E-state index in [0.717, 1.165) is 0 Å². The number of ether oxygens (including phenoxy) is 2. The fraction of sp³-hybridized carbons (Fsp3) is 0.261. The van der Waals surface area contributed by atoms with Crippen LogP contribution in [0.15, 0.2) is 67.0 Å². The van der Waals surface area contributed by atoms with Crippen LogP contribution in [0.2, 0.25) is 0 Å². The highest BCUT2D eigenvalue weighted by Gasteiger charge is 2.45. The highest BCUT2D eigenvalue weighted by molar-refractivity contribution is 6.46. The van der Waals surface area contributed by atoms with Crippen molar-refractivity contribution in [2.75, 3.05) is 26.9 Å². The van der Waals surface area contributed by atoms with Gasteiger partial charge in [-0.25, -0.2) is 0 Å². The smallest absolute Gasteiger partial charge is 0.295 e. The molecule has 1 saturated heterocycles. The molecule has 0 bridgehead atoms. The Hall–Kier alpha value is -3.45. The van der Waals surface area contributed by atoms with Crippen molar-refractivity contribution in [3.05, 3.63) is 78.1 Å². The summed E-state index contributed by atoms with van der Waals surface area (Å²) in [5.41, 5.74) is 1.19. The van der Waals surface area contributed by atoms with Crippen LogP contribution in [0, 0.1) is 0 Å². The van der Waals surface area contributed by atoms with Gasteiger partial charge in [-0.1, -0.05) is 12.7 Å². The molecule has 1 aromatic carbocycles. The summed E-state index contributed by atoms with van der Waals surface area (Å²) < 4.78 is 10.5. The van der Waals surface area contributed by atoms with Crippen molar-refractivity contribution >= 4 is 17.4 Å². The molecule has 1 amide bonds. The van der Waals surface area contributed by atoms with E-state index >= 15 is 0 Å². The number of aliphatic hydroxyl groups excluding tert-OH is 1. The zero-order chi connectivity index (χ0) is 21.5. The van der Waals surface area contributed by atoms with Crippen LogP contribution in [0.1, 0.15) is 23.6 Å². The van der Waals surface area contributed by atoms with E-state index in [4.69, 9.17) is 9.47 Å². The molecule has 2 heterocycles. The summed E-state index contributed by atoms with van der Waals surface area (Å²) in [4.78, 5) is 31.1. The Morgan fingerprint density at radius 2 is 1.90 bits per heavy atom. The fourth-order valence-electron chi connectivity index (χ4n) is 3.40. The van der Waals surface area contributed by atoms with E-state index < -0.39 is 17.7 Å². The number of nitrogens with zero attached hydrogens (tertiary/aromatic N) is 2. The third-order valence-corrected chi connectivity index (χ3v) is 4.80. The average molecular weight is 408 g/mol. The number of hydrogen-bond acceptors (Lipinski definition) is 6. The molecule has 7 heteroatoms. The minimum Gasteiger partial charge on any atom is -0.507 e. The van der Waals surface area contributed by atoms with Crippen molar-refractivity contribution in [3.63, 3.8) is 0 Å². The minimum atomic E-state index is -0.710. The molecule has 0 spiro atoms. The van der Waals surface area contributed by atoms with Gasteiger partial charge in [0.15, 0.2) is 0 Å². The monoisotopic (exact) mass is 408 g/mol. The number of ketones is 1. The number of likely N-dealkylation sites (tertiary alicyclic amines) is 1. The summed E-state index contributed by atoms with van der Waals surface area (Å²) in [6, 6.07) is 9.45. The van der Waals surface area contributed by atoms with Crippen LogP contribution in [0.3, 0.4) is 0 Å². The van der Waals surface area contributed by atoms with E-state index in [0.29, 0.717) is 43.1 Å². The number of aliphatic hydroxyl groups is 1. The van der Waals surface area contributed by atoms with Crippen LogP contribution in [0.4, 0.5) is 0 Å². The van der Waals surface area contributed by atoms with Crippen molar-refractivity contribution < 1.29 is 24.2 Å². The molecule has 30 heavy (non-hydrogen) atoms. The highest BCUT2D eigenvalue weighted by Crippen LogP contribution is 2.39. The Balaban J connectivity index is 2.01. The highest BCUT2D eigenvalue weighted by atomic mass is 16.5. The van der Waals surface area contributed by atoms with Gasteiger partial charge < -0.3 is 19.5 Å². The fourth-order valence-corrected chi connectivity index (χ4v) is 3.40. The summed E-state index contributed by atoms with van der Waals surface area (Å²) in [6.07, 6.45) is 5.39. The lowest BCUT2D eigenvalue weighted by Gasteiger charge is -2.25. The van der Waals surface area contributed by atoms with Crippen LogP contribution < -0.4 is 4.74 Å². The van der Waals surface area contributed by atoms with E-state index in [2.05, 4.69) is 11.6 Å². The molecule has 0 radical (unpaired) electrons. The van der Waals surface area contributed by atoms with E-state index in [1.807, 2.05) is 0 Å². The SMILES string of the molecule is C=CCOc1ccc(C(O)=C2C(=O)C(=O)N(CCCOC)[C@H]2c2ccncc2)cc1. The third kappa shape index (κ3) is 4.41. The van der Waals surface area contributed by atoms with Crippen molar-refractivity contribution in [1.82, 2.24) is 9.88 Å². The van der Waals surface area contributed by atoms with Crippen molar-refractivity contribution in [2.24, 2.45) is 0 Å². The summed E-state index contributed by atoms with van der Waals surface area (Å²) >= 11 is 0. The minimum absolute atomic E-state index is 0.0587. The Morgan fingerprint density at radius 1 is 1.20 bits per heavy atom. The van der Waals surface area contributed by atoms with Crippen molar-refractivity contribution in [3.8, 4) is 5.75 Å². The quantitative estimate of drug-likeness (QED) is 0.225. The molecule has 0 saturated carbocycles. The number of rotatable bonds is 9. The first kappa shape index (κ1) is 21.3. The number of Topliss-reactive ketones (excluding diaryl/α,β-unsaturated/α-hetero) is 1. The van der Waals surface area contributed by atoms with Crippen LogP contribution >= 0.6 is 0 Å². The van der Waals surface area contributed by atoms with Gasteiger partial charge in [-0.3, -0.25) is 14.6 Å². The number of pyridine rings is 1. The summed E-state index contributed by atoms with van der Waals surface area (Å²) in [5.74, 6) is -0.962. The van der Waals surface area contributed by atoms with E-state index in [9.17, 15) is 14.7 Å². The van der Waals surface area contributed by atoms with Crippen LogP contribution in [0.25, 0.3) is 5.76 Å². The third-order valence-electron chi connectivity index (χ3n) is 4.80. The van der Waals surface area contributed by atoms with Crippen molar-refractivity contribution in [2.45, 2.75) is 12.5 Å². The number of amides is 1. The van der Waals surface area contributed by atoms with Gasteiger partial charge >= 0.3 is 0 Å². The molecule has 1 aliphatic rings. The second-order valence-corrected chi connectivity index (χ2v) is 6.74. The second kappa shape index (κ2) is 9.84. The van der Waals surface area contributed by atoms with E-state index in [1.165, 1.54) is 4.90 Å². The molecule has 1 N–H and O–H groups in total. The lowest BCUT2D eigenvalue weighted by molar-refractivity contribution is -0.140. The van der Waals surface area contributed by atoms with Gasteiger partial charge in [-0.2, -0.15) is 0 Å². The van der Waals surface area contributed by atoms with Crippen molar-refractivity contribution in [1.29, 1.82) is 0 Å². The van der Waals surface area contributed by atoms with E-state index in [-0.39, 0.29) is 11.3 Å². The maximum atomic E-state index is 12.9. The van der Waals surface area contributed by atoms with Gasteiger partial charge in [0, 0.05) is 38.2 Å². The van der Waals surface area contributed by atoms with Crippen LogP contribution in [-0.4, -0.2) is 53.5 Å². The summed E-state index contributed by atoms with van der Waals surface area (Å²) in [5, 5.41) is 11.0. The Labute approximate surface area is 175 Å². The predicted molar refractivity (Wildman–Crippen MR) is 112 cm³/mol. The number of benzene rings is 1. The maximum Gasteiger partial charge on any atom is 0.295 e. The van der Waals surface area contributed by atoms with Gasteiger partial charge in [0.2, 0.25) is 0 Å². The topological polar surface area (TPSA) is 89.0 Å². The molecule has 1 fully saturated rings. The molecule has 156 valence electrons. The van der Waals surface area contributed by atoms with E-state index in [1.54, 1.807) is 62.0 Å². The Kier molecular flexibility index (Phi) is 6.98. The lowest BCUT2D eigenvalue weighted by atomic mass is 9.96. The molecule has 3 rings (SSSR count). The predicted octanol–water partition coefficient (Wildman–Crippen LogP) is 3.10. The number of carbonyl (C=O) groups is 2. The average Bonchev–Trinajstić information content (AvgIpc) is 3.03. The van der Waals surface area contributed by atoms with Gasteiger partial charge in [0.1, 0.15) is 18.1 Å². The standard InChI is InChI=1S/C23H24N2O5/c1-3-14-30-18-7-5-17(6-8-18)21(26)19-20(16-9-11-24-12-10-16)25(13-4-15-29-2)23(28)22(19)27/h3,5-12,20,26H,1,4,13-15H2,2H3/t20-/m0/s1. The van der Waals surface area contributed by atoms with Gasteiger partial charge in [-0.05, 0) is 48.4 Å². The van der Waals surface area contributed by atoms with Crippen LogP contribution in [0.5, 0.6) is 5.75 Å². The van der Waals surface area contributed by atoms with Crippen LogP contribution in [-0.2, 0) is 14.3 Å². The zero-order valence-electron chi connectivity index (χ0n) is 16.8. The Bertz CT molecular complexity index is 938. The molecule has 1 aliphatic heterocycles. The number of hydrogen-bond donors (Lipinski definition) is 1.